The molecule has 1 fully saturated rings. The summed E-state index contributed by atoms with van der Waals surface area (Å²) < 4.78 is 12.2. The van der Waals surface area contributed by atoms with Crippen LogP contribution in [0.2, 0.25) is 0 Å². The van der Waals surface area contributed by atoms with Gasteiger partial charge in [0.1, 0.15) is 17.6 Å². The Kier molecular flexibility index (Phi) is 4.07. The monoisotopic (exact) mass is 408 g/mol. The van der Waals surface area contributed by atoms with Gasteiger partial charge in [-0.05, 0) is 42.2 Å². The van der Waals surface area contributed by atoms with Gasteiger partial charge in [0.15, 0.2) is 0 Å². The molecule has 1 heterocycles. The number of hydrogen-bond acceptors (Lipinski definition) is 3. The van der Waals surface area contributed by atoms with Gasteiger partial charge in [-0.3, -0.25) is 4.79 Å². The third-order valence-electron chi connectivity index (χ3n) is 7.03. The van der Waals surface area contributed by atoms with Gasteiger partial charge >= 0.3 is 5.97 Å². The van der Waals surface area contributed by atoms with Gasteiger partial charge < -0.3 is 9.47 Å². The number of hydrogen-bond donors (Lipinski definition) is 0. The van der Waals surface area contributed by atoms with E-state index in [1.165, 1.54) is 34.8 Å². The number of fused-ring (bicyclic) bond motifs is 8. The molecule has 1 saturated carbocycles. The van der Waals surface area contributed by atoms with Crippen LogP contribution >= 0.6 is 0 Å². The average Bonchev–Trinajstić information content (AvgIpc) is 3.17. The van der Waals surface area contributed by atoms with Crippen molar-refractivity contribution in [3.8, 4) is 5.75 Å². The van der Waals surface area contributed by atoms with Crippen molar-refractivity contribution < 1.29 is 14.3 Å². The van der Waals surface area contributed by atoms with E-state index in [0.29, 0.717) is 0 Å². The van der Waals surface area contributed by atoms with Gasteiger partial charge in [0.05, 0.1) is 0 Å². The summed E-state index contributed by atoms with van der Waals surface area (Å²) in [6, 6.07) is 16.7. The highest BCUT2D eigenvalue weighted by atomic mass is 16.5. The summed E-state index contributed by atoms with van der Waals surface area (Å²) in [7, 11) is 0. The zero-order valence-electron chi connectivity index (χ0n) is 17.7. The van der Waals surface area contributed by atoms with E-state index in [4.69, 9.17) is 9.47 Å². The topological polar surface area (TPSA) is 35.5 Å². The number of esters is 1. The van der Waals surface area contributed by atoms with Crippen LogP contribution in [0.5, 0.6) is 5.75 Å². The second-order valence-electron chi connectivity index (χ2n) is 8.67. The van der Waals surface area contributed by atoms with Crippen LogP contribution in [-0.4, -0.2) is 5.97 Å². The molecule has 0 amide bonds. The first-order chi connectivity index (χ1) is 15.2. The van der Waals surface area contributed by atoms with Crippen LogP contribution in [0.25, 0.3) is 6.08 Å². The first kappa shape index (κ1) is 18.4. The predicted molar refractivity (Wildman–Crippen MR) is 120 cm³/mol. The fourth-order valence-electron chi connectivity index (χ4n) is 5.84. The van der Waals surface area contributed by atoms with Crippen molar-refractivity contribution in [1.82, 2.24) is 0 Å². The lowest BCUT2D eigenvalue weighted by atomic mass is 9.71. The zero-order valence-corrected chi connectivity index (χ0v) is 17.7. The third kappa shape index (κ3) is 2.69. The molecule has 6 rings (SSSR count). The van der Waals surface area contributed by atoms with Gasteiger partial charge in [0, 0.05) is 35.5 Å². The second-order valence-corrected chi connectivity index (χ2v) is 8.67. The summed E-state index contributed by atoms with van der Waals surface area (Å²) in [5.74, 6) is 2.14. The summed E-state index contributed by atoms with van der Waals surface area (Å²) in [5.41, 5.74) is 8.88. The van der Waals surface area contributed by atoms with Crippen molar-refractivity contribution in [2.24, 2.45) is 5.92 Å². The minimum atomic E-state index is -0.282. The van der Waals surface area contributed by atoms with Gasteiger partial charge in [0.25, 0.3) is 0 Å². The van der Waals surface area contributed by atoms with Crippen molar-refractivity contribution >= 4 is 12.0 Å². The Bertz CT molecular complexity index is 1240. The molecule has 2 aromatic carbocycles. The molecule has 1 aliphatic heterocycles. The summed E-state index contributed by atoms with van der Waals surface area (Å²) in [6.07, 6.45) is 8.18. The van der Waals surface area contributed by atoms with Gasteiger partial charge in [-0.15, -0.1) is 0 Å². The van der Waals surface area contributed by atoms with Crippen LogP contribution in [0.4, 0.5) is 0 Å². The van der Waals surface area contributed by atoms with Crippen molar-refractivity contribution in [3.05, 3.63) is 105 Å². The van der Waals surface area contributed by atoms with Crippen LogP contribution in [0, 0.1) is 5.92 Å². The van der Waals surface area contributed by atoms with Crippen LogP contribution in [-0.2, 0) is 9.53 Å². The number of allylic oxidation sites excluding steroid dienone is 5. The van der Waals surface area contributed by atoms with E-state index in [-0.39, 0.29) is 23.9 Å². The molecule has 0 spiro atoms. The molecule has 4 aliphatic rings. The first-order valence-corrected chi connectivity index (χ1v) is 11.0. The van der Waals surface area contributed by atoms with E-state index in [1.807, 2.05) is 18.2 Å². The van der Waals surface area contributed by atoms with Crippen LogP contribution in [0.3, 0.4) is 0 Å². The molecule has 0 saturated heterocycles. The smallest absolute Gasteiger partial charge is 0.303 e. The van der Waals surface area contributed by atoms with E-state index in [0.717, 1.165) is 35.5 Å². The lowest BCUT2D eigenvalue weighted by Crippen LogP contribution is -2.25. The van der Waals surface area contributed by atoms with Gasteiger partial charge in [0.2, 0.25) is 0 Å². The molecule has 3 unspecified atom stereocenters. The lowest BCUT2D eigenvalue weighted by molar-refractivity contribution is -0.145. The number of carbonyl (C=O) groups is 1. The van der Waals surface area contributed by atoms with Crippen molar-refractivity contribution in [2.45, 2.75) is 38.7 Å². The number of carbonyl (C=O) groups excluding carboxylic acids is 1. The normalized spacial score (nSPS) is 25.0. The lowest BCUT2D eigenvalue weighted by Gasteiger charge is -2.37. The molecule has 3 heteroatoms. The minimum absolute atomic E-state index is 0.233. The molecule has 2 aromatic rings. The summed E-state index contributed by atoms with van der Waals surface area (Å²) in [5, 5.41) is 0. The van der Waals surface area contributed by atoms with E-state index >= 15 is 0 Å². The highest BCUT2D eigenvalue weighted by Gasteiger charge is 2.47. The second kappa shape index (κ2) is 6.84. The molecule has 0 N–H and O–H groups in total. The molecular weight excluding hydrogens is 384 g/mol. The molecule has 3 aliphatic carbocycles. The molecule has 0 aromatic heterocycles. The molecule has 0 bridgehead atoms. The highest BCUT2D eigenvalue weighted by Crippen LogP contribution is 2.60. The maximum atomic E-state index is 11.9. The highest BCUT2D eigenvalue weighted by molar-refractivity contribution is 5.72. The Morgan fingerprint density at radius 1 is 1.03 bits per heavy atom. The van der Waals surface area contributed by atoms with Crippen LogP contribution < -0.4 is 4.74 Å². The minimum Gasteiger partial charge on any atom is -0.456 e. The standard InChI is InChI=1S/C28H24O3/c1-3-19-22-15-18-12-13-25-23(14-17-8-4-7-11-24(17)31-25)26(18)27(22)20-9-5-6-10-21(20)28(19)30-16(2)29/h4-14,26-28H,3,15H2,1-2H3. The van der Waals surface area contributed by atoms with Gasteiger partial charge in [-0.1, -0.05) is 66.6 Å². The largest absolute Gasteiger partial charge is 0.456 e. The molecule has 154 valence electrons. The Labute approximate surface area is 182 Å². The third-order valence-corrected chi connectivity index (χ3v) is 7.03. The van der Waals surface area contributed by atoms with Crippen molar-refractivity contribution in [2.75, 3.05) is 0 Å². The van der Waals surface area contributed by atoms with E-state index < -0.39 is 0 Å². The quantitative estimate of drug-likeness (QED) is 0.425. The van der Waals surface area contributed by atoms with Crippen LogP contribution in [0.1, 0.15) is 55.4 Å². The Balaban J connectivity index is 1.55. The fourth-order valence-corrected chi connectivity index (χ4v) is 5.84. The maximum Gasteiger partial charge on any atom is 0.303 e. The molecular formula is C28H24O3. The van der Waals surface area contributed by atoms with Gasteiger partial charge in [-0.25, -0.2) is 0 Å². The number of benzene rings is 2. The number of rotatable bonds is 2. The number of ether oxygens (including phenoxy) is 2. The average molecular weight is 408 g/mol. The van der Waals surface area contributed by atoms with E-state index in [2.05, 4.69) is 55.5 Å². The first-order valence-electron chi connectivity index (χ1n) is 11.0. The van der Waals surface area contributed by atoms with Crippen molar-refractivity contribution in [3.63, 3.8) is 0 Å². The SMILES string of the molecule is CCC1=C2CC3=CC=C4Oc5ccccc5C=C4C3C2c2ccccc2C1OC(C)=O. The number of para-hydroxylation sites is 1. The predicted octanol–water partition coefficient (Wildman–Crippen LogP) is 6.41. The summed E-state index contributed by atoms with van der Waals surface area (Å²) >= 11 is 0. The van der Waals surface area contributed by atoms with Gasteiger partial charge in [-0.2, -0.15) is 0 Å². The van der Waals surface area contributed by atoms with Crippen LogP contribution in [0.15, 0.2) is 88.7 Å². The zero-order chi connectivity index (χ0) is 21.1. The molecule has 0 radical (unpaired) electrons. The Morgan fingerprint density at radius 3 is 2.61 bits per heavy atom. The Hall–Kier alpha value is -3.33. The summed E-state index contributed by atoms with van der Waals surface area (Å²) in [4.78, 5) is 11.9. The molecule has 31 heavy (non-hydrogen) atoms. The molecule has 3 nitrogen and oxygen atoms in total. The van der Waals surface area contributed by atoms with E-state index in [9.17, 15) is 4.79 Å². The maximum absolute atomic E-state index is 11.9. The van der Waals surface area contributed by atoms with Crippen molar-refractivity contribution in [1.29, 1.82) is 0 Å². The van der Waals surface area contributed by atoms with E-state index in [1.54, 1.807) is 0 Å². The Morgan fingerprint density at radius 2 is 1.81 bits per heavy atom. The molecule has 3 atom stereocenters. The summed E-state index contributed by atoms with van der Waals surface area (Å²) in [6.45, 7) is 3.67. The fraction of sp³-hybridized carbons (Fsp3) is 0.250.